The SMILES string of the molecule is CN1CCC2(CC1)C(c1ccccc1-c1ccccc1)=Nc1ccccc12. The van der Waals surface area contributed by atoms with Crippen molar-refractivity contribution in [1.82, 2.24) is 4.90 Å². The monoisotopic (exact) mass is 352 g/mol. The first-order valence-electron chi connectivity index (χ1n) is 9.80. The van der Waals surface area contributed by atoms with Crippen LogP contribution < -0.4 is 0 Å². The Morgan fingerprint density at radius 2 is 1.37 bits per heavy atom. The normalized spacial score (nSPS) is 18.3. The van der Waals surface area contributed by atoms with Crippen molar-refractivity contribution in [3.8, 4) is 11.1 Å². The number of benzene rings is 3. The van der Waals surface area contributed by atoms with Crippen LogP contribution >= 0.6 is 0 Å². The van der Waals surface area contributed by atoms with E-state index in [2.05, 4.69) is 90.8 Å². The molecule has 3 aromatic rings. The lowest BCUT2D eigenvalue weighted by Gasteiger charge is -2.40. The van der Waals surface area contributed by atoms with Gasteiger partial charge in [-0.25, -0.2) is 0 Å². The second kappa shape index (κ2) is 6.47. The maximum atomic E-state index is 5.21. The molecule has 2 nitrogen and oxygen atoms in total. The Labute approximate surface area is 161 Å². The number of fused-ring (bicyclic) bond motifs is 2. The Morgan fingerprint density at radius 3 is 2.15 bits per heavy atom. The van der Waals surface area contributed by atoms with Gasteiger partial charge in [0.2, 0.25) is 0 Å². The number of hydrogen-bond donors (Lipinski definition) is 0. The Bertz CT molecular complexity index is 996. The summed E-state index contributed by atoms with van der Waals surface area (Å²) in [5.74, 6) is 0. The molecule has 1 fully saturated rings. The van der Waals surface area contributed by atoms with E-state index in [1.165, 1.54) is 28.0 Å². The predicted molar refractivity (Wildman–Crippen MR) is 113 cm³/mol. The lowest BCUT2D eigenvalue weighted by Crippen LogP contribution is -2.45. The van der Waals surface area contributed by atoms with Crippen LogP contribution in [-0.4, -0.2) is 30.7 Å². The van der Waals surface area contributed by atoms with Crippen LogP contribution in [0.15, 0.2) is 83.9 Å². The van der Waals surface area contributed by atoms with E-state index >= 15 is 0 Å². The van der Waals surface area contributed by atoms with Crippen molar-refractivity contribution in [2.45, 2.75) is 18.3 Å². The summed E-state index contributed by atoms with van der Waals surface area (Å²) >= 11 is 0. The molecule has 0 aliphatic carbocycles. The van der Waals surface area contributed by atoms with Gasteiger partial charge in [-0.1, -0.05) is 72.8 Å². The second-order valence-corrected chi connectivity index (χ2v) is 7.77. The Hall–Kier alpha value is -2.71. The third-order valence-corrected chi connectivity index (χ3v) is 6.21. The molecule has 0 atom stereocenters. The quantitative estimate of drug-likeness (QED) is 0.599. The molecule has 0 radical (unpaired) electrons. The summed E-state index contributed by atoms with van der Waals surface area (Å²) in [4.78, 5) is 7.65. The number of piperidine rings is 1. The first kappa shape index (κ1) is 16.5. The summed E-state index contributed by atoms with van der Waals surface area (Å²) in [7, 11) is 2.22. The molecule has 0 amide bonds. The molecule has 0 unspecified atom stereocenters. The van der Waals surface area contributed by atoms with E-state index in [1.807, 2.05) is 0 Å². The average molecular weight is 352 g/mol. The van der Waals surface area contributed by atoms with Gasteiger partial charge in [0, 0.05) is 11.0 Å². The van der Waals surface area contributed by atoms with Crippen molar-refractivity contribution in [2.24, 2.45) is 4.99 Å². The molecule has 2 heterocycles. The van der Waals surface area contributed by atoms with E-state index in [9.17, 15) is 0 Å². The lowest BCUT2D eigenvalue weighted by molar-refractivity contribution is 0.230. The van der Waals surface area contributed by atoms with Crippen molar-refractivity contribution < 1.29 is 0 Å². The van der Waals surface area contributed by atoms with Crippen molar-refractivity contribution >= 4 is 11.4 Å². The van der Waals surface area contributed by atoms with Crippen molar-refractivity contribution in [3.05, 3.63) is 90.0 Å². The summed E-state index contributed by atoms with van der Waals surface area (Å²) in [6.07, 6.45) is 2.25. The lowest BCUT2D eigenvalue weighted by atomic mass is 9.68. The molecule has 0 bridgehead atoms. The van der Waals surface area contributed by atoms with E-state index < -0.39 is 0 Å². The highest BCUT2D eigenvalue weighted by atomic mass is 15.1. The van der Waals surface area contributed by atoms with E-state index in [1.54, 1.807) is 0 Å². The van der Waals surface area contributed by atoms with Crippen LogP contribution in [0.2, 0.25) is 0 Å². The van der Waals surface area contributed by atoms with Gasteiger partial charge in [0.05, 0.1) is 11.4 Å². The molecule has 0 saturated carbocycles. The molecule has 134 valence electrons. The summed E-state index contributed by atoms with van der Waals surface area (Å²) < 4.78 is 0. The van der Waals surface area contributed by atoms with Crippen LogP contribution in [0.4, 0.5) is 5.69 Å². The van der Waals surface area contributed by atoms with Gasteiger partial charge >= 0.3 is 0 Å². The Kier molecular flexibility index (Phi) is 3.95. The molecule has 3 aromatic carbocycles. The van der Waals surface area contributed by atoms with Crippen molar-refractivity contribution in [2.75, 3.05) is 20.1 Å². The minimum Gasteiger partial charge on any atom is -0.306 e. The number of para-hydroxylation sites is 1. The largest absolute Gasteiger partial charge is 0.306 e. The third-order valence-electron chi connectivity index (χ3n) is 6.21. The van der Waals surface area contributed by atoms with Crippen LogP contribution in [-0.2, 0) is 5.41 Å². The maximum absolute atomic E-state index is 5.21. The molecule has 0 aromatic heterocycles. The third kappa shape index (κ3) is 2.64. The zero-order valence-corrected chi connectivity index (χ0v) is 15.7. The number of nitrogens with zero attached hydrogens (tertiary/aromatic N) is 2. The van der Waals surface area contributed by atoms with E-state index in [0.29, 0.717) is 0 Å². The Balaban J connectivity index is 1.70. The van der Waals surface area contributed by atoms with Gasteiger partial charge in [-0.2, -0.15) is 0 Å². The molecule has 1 spiro atoms. The summed E-state index contributed by atoms with van der Waals surface area (Å²) in [6, 6.07) is 28.2. The fourth-order valence-electron chi connectivity index (χ4n) is 4.71. The predicted octanol–water partition coefficient (Wildman–Crippen LogP) is 5.45. The highest BCUT2D eigenvalue weighted by molar-refractivity contribution is 6.16. The molecule has 5 rings (SSSR count). The minimum atomic E-state index is 0.0357. The second-order valence-electron chi connectivity index (χ2n) is 7.77. The number of aliphatic imine (C=N–C) groups is 1. The maximum Gasteiger partial charge on any atom is 0.0675 e. The summed E-state index contributed by atoms with van der Waals surface area (Å²) in [5, 5.41) is 0. The van der Waals surface area contributed by atoms with Gasteiger partial charge in [0.15, 0.2) is 0 Å². The van der Waals surface area contributed by atoms with Crippen LogP contribution in [0.1, 0.15) is 24.0 Å². The molecular weight excluding hydrogens is 328 g/mol. The van der Waals surface area contributed by atoms with Gasteiger partial charge in [0.25, 0.3) is 0 Å². The van der Waals surface area contributed by atoms with Crippen LogP contribution in [0.25, 0.3) is 11.1 Å². The first-order valence-corrected chi connectivity index (χ1v) is 9.80. The topological polar surface area (TPSA) is 15.6 Å². The molecule has 1 saturated heterocycles. The fraction of sp³-hybridized carbons (Fsp3) is 0.240. The number of likely N-dealkylation sites (tertiary alicyclic amines) is 1. The van der Waals surface area contributed by atoms with E-state index in [0.717, 1.165) is 31.6 Å². The molecule has 2 heteroatoms. The van der Waals surface area contributed by atoms with Gasteiger partial charge < -0.3 is 4.90 Å². The molecule has 0 N–H and O–H groups in total. The van der Waals surface area contributed by atoms with Gasteiger partial charge in [-0.05, 0) is 55.7 Å². The van der Waals surface area contributed by atoms with E-state index in [-0.39, 0.29) is 5.41 Å². The Morgan fingerprint density at radius 1 is 0.741 bits per heavy atom. The van der Waals surface area contributed by atoms with E-state index in [4.69, 9.17) is 4.99 Å². The smallest absolute Gasteiger partial charge is 0.0675 e. The van der Waals surface area contributed by atoms with Gasteiger partial charge in [0.1, 0.15) is 0 Å². The zero-order valence-electron chi connectivity index (χ0n) is 15.7. The van der Waals surface area contributed by atoms with Crippen LogP contribution in [0, 0.1) is 0 Å². The standard InChI is InChI=1S/C25H24N2/c1-27-17-15-25(16-18-27)22-13-7-8-14-23(22)26-24(25)21-12-6-5-11-20(21)19-9-3-2-4-10-19/h2-14H,15-18H2,1H3. The minimum absolute atomic E-state index is 0.0357. The molecular formula is C25H24N2. The molecule has 2 aliphatic heterocycles. The molecule has 2 aliphatic rings. The number of rotatable bonds is 2. The fourth-order valence-corrected chi connectivity index (χ4v) is 4.71. The molecule has 27 heavy (non-hydrogen) atoms. The highest BCUT2D eigenvalue weighted by Crippen LogP contribution is 2.49. The average Bonchev–Trinajstić information content (AvgIpc) is 3.05. The highest BCUT2D eigenvalue weighted by Gasteiger charge is 2.45. The summed E-state index contributed by atoms with van der Waals surface area (Å²) in [6.45, 7) is 2.22. The van der Waals surface area contributed by atoms with Crippen molar-refractivity contribution in [1.29, 1.82) is 0 Å². The van der Waals surface area contributed by atoms with Crippen LogP contribution in [0.3, 0.4) is 0 Å². The van der Waals surface area contributed by atoms with Gasteiger partial charge in [-0.3, -0.25) is 4.99 Å². The van der Waals surface area contributed by atoms with Gasteiger partial charge in [-0.15, -0.1) is 0 Å². The number of hydrogen-bond acceptors (Lipinski definition) is 2. The summed E-state index contributed by atoms with van der Waals surface area (Å²) in [5.41, 5.74) is 7.68. The zero-order chi connectivity index (χ0) is 18.3. The first-order chi connectivity index (χ1) is 13.3. The van der Waals surface area contributed by atoms with Crippen molar-refractivity contribution in [3.63, 3.8) is 0 Å². The van der Waals surface area contributed by atoms with Crippen LogP contribution in [0.5, 0.6) is 0 Å².